The van der Waals surface area contributed by atoms with Crippen LogP contribution in [0.15, 0.2) is 41.2 Å². The summed E-state index contributed by atoms with van der Waals surface area (Å²) in [6.07, 6.45) is 3.51. The van der Waals surface area contributed by atoms with E-state index in [0.717, 1.165) is 0 Å². The summed E-state index contributed by atoms with van der Waals surface area (Å²) in [5, 5.41) is 4.58. The Morgan fingerprint density at radius 1 is 1.28 bits per heavy atom. The van der Waals surface area contributed by atoms with Crippen molar-refractivity contribution in [1.82, 2.24) is 20.0 Å². The van der Waals surface area contributed by atoms with Crippen LogP contribution in [0.3, 0.4) is 0 Å². The second-order valence-electron chi connectivity index (χ2n) is 6.62. The van der Waals surface area contributed by atoms with Crippen LogP contribution in [0, 0.1) is 6.92 Å². The third kappa shape index (κ3) is 3.88. The van der Waals surface area contributed by atoms with E-state index in [1.807, 2.05) is 18.2 Å². The van der Waals surface area contributed by atoms with E-state index in [1.54, 1.807) is 17.9 Å². The number of aryl methyl sites for hydroxylation is 1. The van der Waals surface area contributed by atoms with E-state index in [0.29, 0.717) is 58.9 Å². The SMILES string of the molecule is COc1cncc(OC2CCN(C(=O)c3c(-c4ccccc4Cl)noc3C)C2)n1. The number of nitrogens with zero attached hydrogens (tertiary/aromatic N) is 4. The van der Waals surface area contributed by atoms with Gasteiger partial charge in [0.15, 0.2) is 0 Å². The lowest BCUT2D eigenvalue weighted by Gasteiger charge is -2.17. The van der Waals surface area contributed by atoms with Crippen LogP contribution in [-0.2, 0) is 0 Å². The van der Waals surface area contributed by atoms with E-state index in [4.69, 9.17) is 25.6 Å². The zero-order valence-electron chi connectivity index (χ0n) is 16.0. The molecule has 1 unspecified atom stereocenters. The molecule has 2 aromatic heterocycles. The van der Waals surface area contributed by atoms with Crippen molar-refractivity contribution < 1.29 is 18.8 Å². The number of rotatable bonds is 5. The number of ether oxygens (including phenoxy) is 2. The van der Waals surface area contributed by atoms with Gasteiger partial charge in [-0.3, -0.25) is 9.78 Å². The molecule has 1 fully saturated rings. The Morgan fingerprint density at radius 3 is 2.86 bits per heavy atom. The maximum atomic E-state index is 13.2. The molecule has 150 valence electrons. The van der Waals surface area contributed by atoms with Crippen molar-refractivity contribution in [3.8, 4) is 23.0 Å². The summed E-state index contributed by atoms with van der Waals surface area (Å²) < 4.78 is 16.2. The van der Waals surface area contributed by atoms with Crippen LogP contribution >= 0.6 is 11.6 Å². The smallest absolute Gasteiger partial charge is 0.259 e. The van der Waals surface area contributed by atoms with Gasteiger partial charge in [0.2, 0.25) is 11.8 Å². The average Bonchev–Trinajstić information content (AvgIpc) is 3.35. The van der Waals surface area contributed by atoms with Crippen molar-refractivity contribution in [3.63, 3.8) is 0 Å². The Balaban J connectivity index is 1.51. The molecule has 0 bridgehead atoms. The molecular weight excluding hydrogens is 396 g/mol. The highest BCUT2D eigenvalue weighted by Gasteiger charge is 2.33. The lowest BCUT2D eigenvalue weighted by molar-refractivity contribution is 0.0769. The fourth-order valence-electron chi connectivity index (χ4n) is 3.29. The summed E-state index contributed by atoms with van der Waals surface area (Å²) >= 11 is 6.29. The number of benzene rings is 1. The normalized spacial score (nSPS) is 16.1. The molecule has 0 radical (unpaired) electrons. The van der Waals surface area contributed by atoms with Gasteiger partial charge in [-0.05, 0) is 13.0 Å². The van der Waals surface area contributed by atoms with Gasteiger partial charge < -0.3 is 18.9 Å². The molecule has 9 heteroatoms. The van der Waals surface area contributed by atoms with Crippen LogP contribution < -0.4 is 9.47 Å². The minimum atomic E-state index is -0.190. The first-order chi connectivity index (χ1) is 14.1. The number of hydrogen-bond donors (Lipinski definition) is 0. The van der Waals surface area contributed by atoms with E-state index in [-0.39, 0.29) is 12.0 Å². The second-order valence-corrected chi connectivity index (χ2v) is 7.03. The highest BCUT2D eigenvalue weighted by atomic mass is 35.5. The topological polar surface area (TPSA) is 90.6 Å². The zero-order valence-corrected chi connectivity index (χ0v) is 16.7. The largest absolute Gasteiger partial charge is 0.480 e. The predicted octanol–water partition coefficient (Wildman–Crippen LogP) is 3.40. The van der Waals surface area contributed by atoms with Crippen LogP contribution in [0.4, 0.5) is 0 Å². The molecule has 1 aliphatic heterocycles. The summed E-state index contributed by atoms with van der Waals surface area (Å²) in [5.74, 6) is 1.02. The molecule has 1 amide bonds. The molecular formula is C20H19ClN4O4. The molecule has 3 heterocycles. The first-order valence-corrected chi connectivity index (χ1v) is 9.47. The van der Waals surface area contributed by atoms with Crippen LogP contribution in [-0.4, -0.2) is 52.2 Å². The molecule has 0 spiro atoms. The van der Waals surface area contributed by atoms with E-state index in [2.05, 4.69) is 15.1 Å². The van der Waals surface area contributed by atoms with Crippen LogP contribution in [0.1, 0.15) is 22.5 Å². The van der Waals surface area contributed by atoms with Gasteiger partial charge in [-0.25, -0.2) is 0 Å². The Labute approximate surface area is 172 Å². The Kier molecular flexibility index (Phi) is 5.35. The van der Waals surface area contributed by atoms with Gasteiger partial charge in [-0.2, -0.15) is 4.98 Å². The van der Waals surface area contributed by atoms with Crippen LogP contribution in [0.5, 0.6) is 11.8 Å². The molecule has 1 aromatic carbocycles. The summed E-state index contributed by atoms with van der Waals surface area (Å²) in [5.41, 5.74) is 1.52. The number of aromatic nitrogens is 3. The maximum Gasteiger partial charge on any atom is 0.259 e. The predicted molar refractivity (Wildman–Crippen MR) is 105 cm³/mol. The highest BCUT2D eigenvalue weighted by molar-refractivity contribution is 6.33. The van der Waals surface area contributed by atoms with Gasteiger partial charge in [0.05, 0.1) is 31.1 Å². The standard InChI is InChI=1S/C20H19ClN4O4/c1-12-18(19(24-29-12)14-5-3-4-6-15(14)21)20(26)25-8-7-13(11-25)28-17-10-22-9-16(23-17)27-2/h3-6,9-10,13H,7-8,11H2,1-2H3. The number of carbonyl (C=O) groups excluding carboxylic acids is 1. The van der Waals surface area contributed by atoms with Crippen molar-refractivity contribution in [2.45, 2.75) is 19.4 Å². The molecule has 0 saturated carbocycles. The molecule has 4 rings (SSSR count). The number of amides is 1. The fraction of sp³-hybridized carbons (Fsp3) is 0.300. The van der Waals surface area contributed by atoms with Gasteiger partial charge in [-0.15, -0.1) is 0 Å². The molecule has 29 heavy (non-hydrogen) atoms. The fourth-order valence-corrected chi connectivity index (χ4v) is 3.51. The molecule has 1 saturated heterocycles. The first-order valence-electron chi connectivity index (χ1n) is 9.10. The van der Waals surface area contributed by atoms with Gasteiger partial charge >= 0.3 is 0 Å². The third-order valence-corrected chi connectivity index (χ3v) is 5.05. The van der Waals surface area contributed by atoms with Gasteiger partial charge in [0, 0.05) is 18.5 Å². The number of carbonyl (C=O) groups is 1. The highest BCUT2D eigenvalue weighted by Crippen LogP contribution is 2.32. The van der Waals surface area contributed by atoms with Crippen molar-refractivity contribution in [2.75, 3.05) is 20.2 Å². The summed E-state index contributed by atoms with van der Waals surface area (Å²) in [6.45, 7) is 2.69. The van der Waals surface area contributed by atoms with Crippen LogP contribution in [0.25, 0.3) is 11.3 Å². The van der Waals surface area contributed by atoms with Crippen molar-refractivity contribution >= 4 is 17.5 Å². The van der Waals surface area contributed by atoms with E-state index >= 15 is 0 Å². The van der Waals surface area contributed by atoms with Crippen molar-refractivity contribution in [2.24, 2.45) is 0 Å². The first kappa shape index (κ1) is 19.2. The van der Waals surface area contributed by atoms with Gasteiger partial charge in [0.1, 0.15) is 23.1 Å². The van der Waals surface area contributed by atoms with E-state index < -0.39 is 0 Å². The summed E-state index contributed by atoms with van der Waals surface area (Å²) in [7, 11) is 1.52. The van der Waals surface area contributed by atoms with Gasteiger partial charge in [-0.1, -0.05) is 35.0 Å². The quantitative estimate of drug-likeness (QED) is 0.631. The molecule has 1 aliphatic rings. The molecule has 0 aliphatic carbocycles. The molecule has 1 atom stereocenters. The Morgan fingerprint density at radius 2 is 2.07 bits per heavy atom. The maximum absolute atomic E-state index is 13.2. The average molecular weight is 415 g/mol. The molecule has 3 aromatic rings. The number of likely N-dealkylation sites (tertiary alicyclic amines) is 1. The Hall–Kier alpha value is -3.13. The second kappa shape index (κ2) is 8.08. The summed E-state index contributed by atoms with van der Waals surface area (Å²) in [6, 6.07) is 7.23. The Bertz CT molecular complexity index is 1040. The zero-order chi connectivity index (χ0) is 20.4. The number of halogens is 1. The lowest BCUT2D eigenvalue weighted by atomic mass is 10.1. The lowest BCUT2D eigenvalue weighted by Crippen LogP contribution is -2.31. The third-order valence-electron chi connectivity index (χ3n) is 4.72. The van der Waals surface area contributed by atoms with Crippen molar-refractivity contribution in [1.29, 1.82) is 0 Å². The minimum Gasteiger partial charge on any atom is -0.480 e. The van der Waals surface area contributed by atoms with Gasteiger partial charge in [0.25, 0.3) is 5.91 Å². The van der Waals surface area contributed by atoms with E-state index in [1.165, 1.54) is 19.5 Å². The monoisotopic (exact) mass is 414 g/mol. The van der Waals surface area contributed by atoms with E-state index in [9.17, 15) is 4.79 Å². The molecule has 0 N–H and O–H groups in total. The minimum absolute atomic E-state index is 0.165. The molecule has 8 nitrogen and oxygen atoms in total. The number of hydrogen-bond acceptors (Lipinski definition) is 7. The summed E-state index contributed by atoms with van der Waals surface area (Å²) in [4.78, 5) is 23.2. The van der Waals surface area contributed by atoms with Crippen LogP contribution in [0.2, 0.25) is 5.02 Å². The number of methoxy groups -OCH3 is 1. The van der Waals surface area contributed by atoms with Crippen molar-refractivity contribution in [3.05, 3.63) is 53.0 Å².